The summed E-state index contributed by atoms with van der Waals surface area (Å²) >= 11 is 0. The van der Waals surface area contributed by atoms with Crippen molar-refractivity contribution in [1.29, 1.82) is 0 Å². The third kappa shape index (κ3) is 46.4. The lowest BCUT2D eigenvalue weighted by molar-refractivity contribution is -0.154. The molecule has 0 aromatic rings. The van der Waals surface area contributed by atoms with E-state index < -0.39 is 45.8 Å². The Balaban J connectivity index is 4.26. The minimum atomic E-state index is -4.55. The van der Waals surface area contributed by atoms with Crippen molar-refractivity contribution in [1.82, 2.24) is 0 Å². The first kappa shape index (κ1) is 58.9. The van der Waals surface area contributed by atoms with E-state index in [9.17, 15) is 19.4 Å². The number of hydrogen-bond donors (Lipinski definition) is 3. The van der Waals surface area contributed by atoms with Crippen molar-refractivity contribution in [2.45, 2.75) is 167 Å². The molecule has 3 unspecified atom stereocenters. The summed E-state index contributed by atoms with van der Waals surface area (Å²) in [5, 5.41) is 18.4. The molecule has 0 aromatic heterocycles. The first-order chi connectivity index (χ1) is 30.3. The first-order valence-electron chi connectivity index (χ1n) is 23.5. The van der Waals surface area contributed by atoms with Crippen LogP contribution in [-0.2, 0) is 27.9 Å². The van der Waals surface area contributed by atoms with Gasteiger partial charge in [0.25, 0.3) is 0 Å². The number of rotatable bonds is 43. The predicted molar refractivity (Wildman–Crippen MR) is 260 cm³/mol. The number of aliphatic hydroxyl groups is 2. The van der Waals surface area contributed by atoms with Gasteiger partial charge in [-0.05, 0) is 103 Å². The number of hydrogen-bond acceptors (Lipinski definition) is 8. The second-order valence-electron chi connectivity index (χ2n) is 15.0. The van der Waals surface area contributed by atoms with Crippen LogP contribution in [0.4, 0.5) is 0 Å². The third-order valence-electron chi connectivity index (χ3n) is 9.14. The fraction of sp³-hybridized carbons (Fsp3) is 0.596. The Morgan fingerprint density at radius 2 is 0.871 bits per heavy atom. The fourth-order valence-electron chi connectivity index (χ4n) is 5.64. The van der Waals surface area contributed by atoms with Crippen LogP contribution in [0.1, 0.15) is 155 Å². The third-order valence-corrected chi connectivity index (χ3v) is 10.1. The van der Waals surface area contributed by atoms with Gasteiger partial charge in [-0.2, -0.15) is 0 Å². The molecule has 62 heavy (non-hydrogen) atoms. The van der Waals surface area contributed by atoms with Crippen molar-refractivity contribution < 1.29 is 43.0 Å². The van der Waals surface area contributed by atoms with Gasteiger partial charge in [0.15, 0.2) is 0 Å². The lowest BCUT2D eigenvalue weighted by Gasteiger charge is -2.20. The first-order valence-corrected chi connectivity index (χ1v) is 25.0. The van der Waals surface area contributed by atoms with Crippen molar-refractivity contribution in [3.8, 4) is 0 Å². The van der Waals surface area contributed by atoms with E-state index in [1.807, 2.05) is 0 Å². The second-order valence-corrected chi connectivity index (χ2v) is 16.5. The molecular weight excluding hydrogens is 800 g/mol. The number of allylic oxidation sites excluding steroid dienone is 20. The van der Waals surface area contributed by atoms with Gasteiger partial charge >= 0.3 is 13.8 Å². The summed E-state index contributed by atoms with van der Waals surface area (Å²) in [6.45, 7) is 3.17. The quantitative estimate of drug-likeness (QED) is 0.0237. The van der Waals surface area contributed by atoms with Gasteiger partial charge in [0.2, 0.25) is 0 Å². The Morgan fingerprint density at radius 1 is 0.500 bits per heavy atom. The summed E-state index contributed by atoms with van der Waals surface area (Å²) in [6.07, 6.45) is 63.0. The van der Waals surface area contributed by atoms with Crippen LogP contribution < -0.4 is 0 Å². The smallest absolute Gasteiger partial charge is 0.457 e. The summed E-state index contributed by atoms with van der Waals surface area (Å²) in [7, 11) is -4.55. The zero-order valence-corrected chi connectivity index (χ0v) is 39.4. The van der Waals surface area contributed by atoms with Gasteiger partial charge < -0.3 is 24.6 Å². The van der Waals surface area contributed by atoms with Gasteiger partial charge in [-0.3, -0.25) is 13.8 Å². The van der Waals surface area contributed by atoms with Crippen LogP contribution >= 0.6 is 7.82 Å². The molecule has 352 valence electrons. The summed E-state index contributed by atoms with van der Waals surface area (Å²) < 4.78 is 33.4. The van der Waals surface area contributed by atoms with Crippen LogP contribution in [0.3, 0.4) is 0 Å². The zero-order chi connectivity index (χ0) is 45.3. The molecule has 3 atom stereocenters. The summed E-state index contributed by atoms with van der Waals surface area (Å²) in [5.41, 5.74) is 0. The molecule has 0 aromatic carbocycles. The molecule has 0 saturated heterocycles. The highest BCUT2D eigenvalue weighted by Crippen LogP contribution is 2.43. The summed E-state index contributed by atoms with van der Waals surface area (Å²) in [6, 6.07) is 0. The standard InChI is InChI=1S/C52H85O9P/c1-3-5-7-9-11-13-15-17-19-21-23-24-25-27-29-31-33-35-37-39-41-43-45-58-48-51(49-60-62(56,57)59-47-50(54)46-53)61-52(55)44-42-40-38-36-34-32-30-28-26-22-20-18-16-14-12-10-8-6-4-2/h5-8,11-14,17-20,23-24,26-29,32,34,50-51,53-54H,3-4,9-10,15-16,21-22,25,30-31,33,35-49H2,1-2H3,(H,56,57)/b7-5-,8-6-,13-11-,14-12-,19-17-,20-18-,24-23-,28-26-,29-27-,34-32-. The van der Waals surface area contributed by atoms with Crippen molar-refractivity contribution in [2.75, 3.05) is 33.0 Å². The molecule has 0 amide bonds. The van der Waals surface area contributed by atoms with E-state index in [-0.39, 0.29) is 13.0 Å². The van der Waals surface area contributed by atoms with Crippen molar-refractivity contribution in [2.24, 2.45) is 0 Å². The number of esters is 1. The van der Waals surface area contributed by atoms with E-state index in [2.05, 4.69) is 135 Å². The number of aliphatic hydroxyl groups excluding tert-OH is 2. The van der Waals surface area contributed by atoms with Crippen LogP contribution in [0.15, 0.2) is 122 Å². The lowest BCUT2D eigenvalue weighted by atomic mass is 10.1. The molecule has 0 bridgehead atoms. The molecule has 0 fully saturated rings. The van der Waals surface area contributed by atoms with Crippen LogP contribution in [0.2, 0.25) is 0 Å². The number of carbonyl (C=O) groups is 1. The van der Waals surface area contributed by atoms with Crippen LogP contribution in [0, 0.1) is 0 Å². The molecule has 10 heteroatoms. The van der Waals surface area contributed by atoms with E-state index >= 15 is 0 Å². The van der Waals surface area contributed by atoms with Gasteiger partial charge in [0.1, 0.15) is 12.2 Å². The highest BCUT2D eigenvalue weighted by Gasteiger charge is 2.26. The normalized spacial score (nSPS) is 15.0. The lowest BCUT2D eigenvalue weighted by Crippen LogP contribution is -2.29. The maximum Gasteiger partial charge on any atom is 0.472 e. The van der Waals surface area contributed by atoms with Gasteiger partial charge in [0, 0.05) is 13.0 Å². The van der Waals surface area contributed by atoms with Crippen LogP contribution in [0.5, 0.6) is 0 Å². The van der Waals surface area contributed by atoms with E-state index in [0.29, 0.717) is 13.0 Å². The maximum absolute atomic E-state index is 12.6. The van der Waals surface area contributed by atoms with E-state index in [0.717, 1.165) is 116 Å². The number of ether oxygens (including phenoxy) is 2. The molecule has 0 saturated carbocycles. The molecule has 0 aliphatic rings. The SMILES string of the molecule is CC/C=C\C/C=C\C/C=C\C/C=C\C/C=C\CCCCCCCCOCC(COP(=O)(O)OCC(O)CO)OC(=O)CCCCC/C=C\C/C=C\C/C=C\C/C=C\C/C=C\CC. The number of phosphoric ester groups is 1. The number of unbranched alkanes of at least 4 members (excludes halogenated alkanes) is 9. The second kappa shape index (κ2) is 47.3. The fourth-order valence-corrected chi connectivity index (χ4v) is 6.43. The molecule has 0 rings (SSSR count). The van der Waals surface area contributed by atoms with Gasteiger partial charge in [0.05, 0.1) is 26.4 Å². The molecule has 9 nitrogen and oxygen atoms in total. The molecule has 3 N–H and O–H groups in total. The average Bonchev–Trinajstić information content (AvgIpc) is 3.26. The van der Waals surface area contributed by atoms with Crippen molar-refractivity contribution >= 4 is 13.8 Å². The minimum absolute atomic E-state index is 0.0162. The van der Waals surface area contributed by atoms with E-state index in [4.69, 9.17) is 23.6 Å². The largest absolute Gasteiger partial charge is 0.472 e. The zero-order valence-electron chi connectivity index (χ0n) is 38.5. The highest BCUT2D eigenvalue weighted by molar-refractivity contribution is 7.47. The van der Waals surface area contributed by atoms with Crippen molar-refractivity contribution in [3.63, 3.8) is 0 Å². The summed E-state index contributed by atoms with van der Waals surface area (Å²) in [4.78, 5) is 22.6. The number of carbonyl (C=O) groups excluding carboxylic acids is 1. The molecule has 0 spiro atoms. The molecular formula is C52H85O9P. The Labute approximate surface area is 377 Å². The molecule has 0 aliphatic carbocycles. The summed E-state index contributed by atoms with van der Waals surface area (Å²) in [5.74, 6) is -0.425. The molecule has 0 radical (unpaired) electrons. The Hall–Kier alpha value is -3.14. The Morgan fingerprint density at radius 3 is 1.31 bits per heavy atom. The maximum atomic E-state index is 12.6. The van der Waals surface area contributed by atoms with E-state index in [1.165, 1.54) is 12.8 Å². The Kier molecular flexibility index (Phi) is 44.9. The Bertz CT molecular complexity index is 1370. The number of phosphoric acid groups is 1. The van der Waals surface area contributed by atoms with Gasteiger partial charge in [-0.25, -0.2) is 4.57 Å². The van der Waals surface area contributed by atoms with Gasteiger partial charge in [-0.15, -0.1) is 0 Å². The van der Waals surface area contributed by atoms with Crippen molar-refractivity contribution in [3.05, 3.63) is 122 Å². The monoisotopic (exact) mass is 885 g/mol. The molecule has 0 heterocycles. The van der Waals surface area contributed by atoms with Crippen LogP contribution in [0.25, 0.3) is 0 Å². The van der Waals surface area contributed by atoms with E-state index in [1.54, 1.807) is 0 Å². The molecule has 0 aliphatic heterocycles. The minimum Gasteiger partial charge on any atom is -0.457 e. The topological polar surface area (TPSA) is 132 Å². The average molecular weight is 885 g/mol. The van der Waals surface area contributed by atoms with Gasteiger partial charge in [-0.1, -0.05) is 167 Å². The van der Waals surface area contributed by atoms with Crippen LogP contribution in [-0.4, -0.2) is 66.3 Å². The predicted octanol–water partition coefficient (Wildman–Crippen LogP) is 13.6. The highest BCUT2D eigenvalue weighted by atomic mass is 31.2.